The van der Waals surface area contributed by atoms with Crippen LogP contribution in [0.2, 0.25) is 0 Å². The maximum atomic E-state index is 6.05. The molecule has 2 saturated carbocycles. The Hall–Kier alpha value is -0.870. The number of nitrogens with two attached hydrogens (primary N) is 1. The number of imidazole rings is 1. The van der Waals surface area contributed by atoms with Crippen molar-refractivity contribution in [3.05, 3.63) is 28.5 Å². The number of hydrogen-bond acceptors (Lipinski definition) is 2. The fourth-order valence-electron chi connectivity index (χ4n) is 3.47. The topological polar surface area (TPSA) is 43.8 Å². The van der Waals surface area contributed by atoms with Gasteiger partial charge >= 0.3 is 0 Å². The first-order chi connectivity index (χ1) is 9.72. The average molecular weight is 334 g/mol. The van der Waals surface area contributed by atoms with Crippen molar-refractivity contribution < 1.29 is 0 Å². The van der Waals surface area contributed by atoms with Crippen molar-refractivity contribution in [1.29, 1.82) is 0 Å². The van der Waals surface area contributed by atoms with Gasteiger partial charge < -0.3 is 10.3 Å². The van der Waals surface area contributed by atoms with Crippen LogP contribution in [0.25, 0.3) is 11.0 Å². The highest BCUT2D eigenvalue weighted by atomic mass is 79.9. The van der Waals surface area contributed by atoms with Crippen LogP contribution in [0.5, 0.6) is 0 Å². The van der Waals surface area contributed by atoms with Gasteiger partial charge in [-0.15, -0.1) is 0 Å². The Labute approximate surface area is 127 Å². The normalized spacial score (nSPS) is 27.1. The van der Waals surface area contributed by atoms with Gasteiger partial charge in [-0.2, -0.15) is 0 Å². The molecule has 0 unspecified atom stereocenters. The Morgan fingerprint density at radius 1 is 1.10 bits per heavy atom. The van der Waals surface area contributed by atoms with Crippen molar-refractivity contribution in [2.75, 3.05) is 0 Å². The highest BCUT2D eigenvalue weighted by Gasteiger charge is 2.32. The Bertz CT molecular complexity index is 636. The van der Waals surface area contributed by atoms with Crippen molar-refractivity contribution in [2.24, 2.45) is 5.73 Å². The lowest BCUT2D eigenvalue weighted by molar-refractivity contribution is 0.377. The molecule has 0 spiro atoms. The molecule has 2 fully saturated rings. The second-order valence-electron chi connectivity index (χ2n) is 6.32. The Balaban J connectivity index is 1.79. The largest absolute Gasteiger partial charge is 0.328 e. The number of fused-ring (bicyclic) bond motifs is 1. The molecule has 20 heavy (non-hydrogen) atoms. The van der Waals surface area contributed by atoms with Crippen molar-refractivity contribution in [1.82, 2.24) is 9.55 Å². The van der Waals surface area contributed by atoms with Crippen LogP contribution in [0.1, 0.15) is 56.3 Å². The van der Waals surface area contributed by atoms with Gasteiger partial charge in [-0.1, -0.05) is 15.9 Å². The molecule has 2 aliphatic rings. The van der Waals surface area contributed by atoms with Crippen molar-refractivity contribution in [3.63, 3.8) is 0 Å². The summed E-state index contributed by atoms with van der Waals surface area (Å²) in [5.74, 6) is 1.91. The lowest BCUT2D eigenvalue weighted by atomic mass is 9.86. The van der Waals surface area contributed by atoms with Crippen LogP contribution in [0.15, 0.2) is 22.7 Å². The predicted octanol–water partition coefficient (Wildman–Crippen LogP) is 4.12. The quantitative estimate of drug-likeness (QED) is 0.898. The van der Waals surface area contributed by atoms with Crippen LogP contribution in [0, 0.1) is 0 Å². The van der Waals surface area contributed by atoms with E-state index in [-0.39, 0.29) is 0 Å². The van der Waals surface area contributed by atoms with Crippen LogP contribution in [-0.2, 0) is 0 Å². The van der Waals surface area contributed by atoms with Gasteiger partial charge in [-0.3, -0.25) is 0 Å². The molecular weight excluding hydrogens is 314 g/mol. The third kappa shape index (κ3) is 2.19. The standard InChI is InChI=1S/C16H20BrN3/c17-11-3-8-15-14(9-11)19-16(20(15)13-6-7-13)10-1-4-12(18)5-2-10/h3,8-10,12-13H,1-2,4-7,18H2. The molecule has 0 bridgehead atoms. The Morgan fingerprint density at radius 3 is 2.55 bits per heavy atom. The zero-order chi connectivity index (χ0) is 13.7. The number of aromatic nitrogens is 2. The van der Waals surface area contributed by atoms with Gasteiger partial charge in [0.25, 0.3) is 0 Å². The van der Waals surface area contributed by atoms with Crippen LogP contribution < -0.4 is 5.73 Å². The van der Waals surface area contributed by atoms with Crippen molar-refractivity contribution in [3.8, 4) is 0 Å². The van der Waals surface area contributed by atoms with Gasteiger partial charge in [0.15, 0.2) is 0 Å². The van der Waals surface area contributed by atoms with E-state index in [0.717, 1.165) is 22.8 Å². The first-order valence-electron chi connectivity index (χ1n) is 7.65. The Kier molecular flexibility index (Phi) is 3.11. The third-order valence-electron chi connectivity index (χ3n) is 4.73. The molecule has 0 saturated heterocycles. The van der Waals surface area contributed by atoms with E-state index in [9.17, 15) is 0 Å². The first kappa shape index (κ1) is 12.8. The number of benzene rings is 1. The summed E-state index contributed by atoms with van der Waals surface area (Å²) in [6, 6.07) is 7.57. The van der Waals surface area contributed by atoms with Crippen LogP contribution in [-0.4, -0.2) is 15.6 Å². The lowest BCUT2D eigenvalue weighted by Crippen LogP contribution is -2.26. The molecule has 1 aromatic heterocycles. The minimum atomic E-state index is 0.402. The first-order valence-corrected chi connectivity index (χ1v) is 8.44. The van der Waals surface area contributed by atoms with Gasteiger partial charge in [0.2, 0.25) is 0 Å². The van der Waals surface area contributed by atoms with E-state index in [4.69, 9.17) is 10.7 Å². The molecule has 0 aliphatic heterocycles. The van der Waals surface area contributed by atoms with Crippen LogP contribution in [0.3, 0.4) is 0 Å². The van der Waals surface area contributed by atoms with Crippen LogP contribution >= 0.6 is 15.9 Å². The second-order valence-corrected chi connectivity index (χ2v) is 7.23. The maximum absolute atomic E-state index is 6.05. The molecular formula is C16H20BrN3. The van der Waals surface area contributed by atoms with Crippen molar-refractivity contribution >= 4 is 27.0 Å². The lowest BCUT2D eigenvalue weighted by Gasteiger charge is -2.26. The Morgan fingerprint density at radius 2 is 1.85 bits per heavy atom. The molecule has 4 heteroatoms. The maximum Gasteiger partial charge on any atom is 0.113 e. The smallest absolute Gasteiger partial charge is 0.113 e. The monoisotopic (exact) mass is 333 g/mol. The van der Waals surface area contributed by atoms with E-state index in [0.29, 0.717) is 18.0 Å². The van der Waals surface area contributed by atoms with Crippen LogP contribution in [0.4, 0.5) is 0 Å². The summed E-state index contributed by atoms with van der Waals surface area (Å²) in [6.45, 7) is 0. The predicted molar refractivity (Wildman–Crippen MR) is 84.9 cm³/mol. The molecule has 1 aromatic carbocycles. The van der Waals surface area contributed by atoms with E-state index < -0.39 is 0 Å². The van der Waals surface area contributed by atoms with E-state index in [1.54, 1.807) is 0 Å². The number of rotatable bonds is 2. The van der Waals surface area contributed by atoms with E-state index in [2.05, 4.69) is 38.7 Å². The summed E-state index contributed by atoms with van der Waals surface area (Å²) in [6.07, 6.45) is 7.28. The molecule has 0 atom stereocenters. The SMILES string of the molecule is NC1CCC(c2nc3cc(Br)ccc3n2C2CC2)CC1. The summed E-state index contributed by atoms with van der Waals surface area (Å²) in [5, 5.41) is 0. The van der Waals surface area contributed by atoms with Crippen molar-refractivity contribution in [2.45, 2.75) is 56.5 Å². The summed E-state index contributed by atoms with van der Waals surface area (Å²) >= 11 is 3.56. The molecule has 0 amide bonds. The number of hydrogen-bond donors (Lipinski definition) is 1. The molecule has 2 aliphatic carbocycles. The minimum absolute atomic E-state index is 0.402. The number of halogens is 1. The van der Waals surface area contributed by atoms with Gasteiger partial charge in [-0.05, 0) is 56.7 Å². The second kappa shape index (κ2) is 4.85. The summed E-state index contributed by atoms with van der Waals surface area (Å²) in [7, 11) is 0. The van der Waals surface area contributed by atoms with Gasteiger partial charge in [0.1, 0.15) is 5.82 Å². The summed E-state index contributed by atoms with van der Waals surface area (Å²) in [5.41, 5.74) is 8.49. The van der Waals surface area contributed by atoms with Gasteiger partial charge in [-0.25, -0.2) is 4.98 Å². The third-order valence-corrected chi connectivity index (χ3v) is 5.22. The molecule has 106 valence electrons. The molecule has 4 rings (SSSR count). The fourth-order valence-corrected chi connectivity index (χ4v) is 3.82. The fraction of sp³-hybridized carbons (Fsp3) is 0.562. The summed E-state index contributed by atoms with van der Waals surface area (Å²) in [4.78, 5) is 4.98. The zero-order valence-corrected chi connectivity index (χ0v) is 13.1. The highest BCUT2D eigenvalue weighted by Crippen LogP contribution is 2.43. The summed E-state index contributed by atoms with van der Waals surface area (Å²) < 4.78 is 3.63. The minimum Gasteiger partial charge on any atom is -0.328 e. The molecule has 2 aromatic rings. The van der Waals surface area contributed by atoms with Gasteiger partial charge in [0, 0.05) is 22.5 Å². The molecule has 3 nitrogen and oxygen atoms in total. The van der Waals surface area contributed by atoms with Gasteiger partial charge in [0.05, 0.1) is 11.0 Å². The van der Waals surface area contributed by atoms with E-state index >= 15 is 0 Å². The number of nitrogens with zero attached hydrogens (tertiary/aromatic N) is 2. The van der Waals surface area contributed by atoms with E-state index in [1.165, 1.54) is 37.0 Å². The van der Waals surface area contributed by atoms with E-state index in [1.807, 2.05) is 0 Å². The zero-order valence-electron chi connectivity index (χ0n) is 11.6. The molecule has 1 heterocycles. The molecule has 2 N–H and O–H groups in total. The average Bonchev–Trinajstić information content (AvgIpc) is 3.20. The molecule has 0 radical (unpaired) electrons. The highest BCUT2D eigenvalue weighted by molar-refractivity contribution is 9.10.